The summed E-state index contributed by atoms with van der Waals surface area (Å²) >= 11 is 5.86. The molecule has 4 nitrogen and oxygen atoms in total. The van der Waals surface area contributed by atoms with Crippen molar-refractivity contribution in [2.24, 2.45) is 5.92 Å². The van der Waals surface area contributed by atoms with Crippen molar-refractivity contribution in [3.63, 3.8) is 0 Å². The Hall–Kier alpha value is -1.62. The molecule has 6 heteroatoms. The molecule has 1 saturated carbocycles. The van der Waals surface area contributed by atoms with Crippen LogP contribution in [0.3, 0.4) is 0 Å². The summed E-state index contributed by atoms with van der Waals surface area (Å²) in [6.45, 7) is 0. The van der Waals surface area contributed by atoms with E-state index in [1.807, 2.05) is 0 Å². The molecule has 0 saturated heterocycles. The molecule has 0 radical (unpaired) electrons. The van der Waals surface area contributed by atoms with Gasteiger partial charge in [0.1, 0.15) is 5.82 Å². The molecule has 114 valence electrons. The molecule has 1 aromatic carbocycles. The lowest BCUT2D eigenvalue weighted by Crippen LogP contribution is -2.42. The highest BCUT2D eigenvalue weighted by Crippen LogP contribution is 2.25. The van der Waals surface area contributed by atoms with Gasteiger partial charge in [0.15, 0.2) is 0 Å². The van der Waals surface area contributed by atoms with Gasteiger partial charge in [-0.15, -0.1) is 0 Å². The summed E-state index contributed by atoms with van der Waals surface area (Å²) in [5.74, 6) is -2.46. The maximum atomic E-state index is 13.0. The maximum absolute atomic E-state index is 13.0. The molecule has 2 atom stereocenters. The molecule has 1 fully saturated rings. The van der Waals surface area contributed by atoms with Crippen molar-refractivity contribution < 1.29 is 19.1 Å². The van der Waals surface area contributed by atoms with E-state index in [4.69, 9.17) is 11.6 Å². The van der Waals surface area contributed by atoms with Crippen LogP contribution in [0.1, 0.15) is 42.5 Å². The van der Waals surface area contributed by atoms with Crippen LogP contribution >= 0.6 is 11.6 Å². The molecule has 0 spiro atoms. The first-order valence-corrected chi connectivity index (χ1v) is 7.35. The first kappa shape index (κ1) is 15.8. The van der Waals surface area contributed by atoms with Gasteiger partial charge in [-0.2, -0.15) is 0 Å². The molecule has 1 aromatic rings. The number of carboxylic acids is 1. The fourth-order valence-corrected chi connectivity index (χ4v) is 2.95. The second-order valence-electron chi connectivity index (χ2n) is 5.29. The summed E-state index contributed by atoms with van der Waals surface area (Å²) in [6.07, 6.45) is 3.87. The second-order valence-corrected chi connectivity index (χ2v) is 5.69. The van der Waals surface area contributed by atoms with Crippen LogP contribution in [0.5, 0.6) is 0 Å². The Balaban J connectivity index is 2.14. The first-order valence-electron chi connectivity index (χ1n) is 6.98. The SMILES string of the molecule is O=C(NC1CCCCCC1C(=O)O)c1ccc(F)cc1Cl. The lowest BCUT2D eigenvalue weighted by atomic mass is 9.94. The maximum Gasteiger partial charge on any atom is 0.308 e. The molecule has 1 aliphatic carbocycles. The molecule has 0 bridgehead atoms. The van der Waals surface area contributed by atoms with Gasteiger partial charge in [0.2, 0.25) is 0 Å². The molecule has 1 aliphatic rings. The lowest BCUT2D eigenvalue weighted by Gasteiger charge is -2.23. The quantitative estimate of drug-likeness (QED) is 0.842. The van der Waals surface area contributed by atoms with Gasteiger partial charge in [0, 0.05) is 6.04 Å². The van der Waals surface area contributed by atoms with Gasteiger partial charge >= 0.3 is 5.97 Å². The largest absolute Gasteiger partial charge is 0.481 e. The number of hydrogen-bond donors (Lipinski definition) is 2. The number of carbonyl (C=O) groups excluding carboxylic acids is 1. The smallest absolute Gasteiger partial charge is 0.308 e. The number of aliphatic carboxylic acids is 1. The van der Waals surface area contributed by atoms with Crippen LogP contribution in [0.2, 0.25) is 5.02 Å². The molecular formula is C15H17ClFNO3. The Labute approximate surface area is 127 Å². The Kier molecular flexibility index (Phi) is 5.17. The van der Waals surface area contributed by atoms with Crippen LogP contribution in [0.15, 0.2) is 18.2 Å². The van der Waals surface area contributed by atoms with Crippen molar-refractivity contribution in [1.29, 1.82) is 0 Å². The van der Waals surface area contributed by atoms with E-state index < -0.39 is 29.7 Å². The highest BCUT2D eigenvalue weighted by Gasteiger charge is 2.31. The van der Waals surface area contributed by atoms with E-state index in [0.717, 1.165) is 31.4 Å². The molecule has 2 unspecified atom stereocenters. The highest BCUT2D eigenvalue weighted by atomic mass is 35.5. The van der Waals surface area contributed by atoms with Gasteiger partial charge in [-0.25, -0.2) is 4.39 Å². The van der Waals surface area contributed by atoms with Gasteiger partial charge in [0.05, 0.1) is 16.5 Å². The monoisotopic (exact) mass is 313 g/mol. The second kappa shape index (κ2) is 6.89. The molecule has 1 amide bonds. The summed E-state index contributed by atoms with van der Waals surface area (Å²) in [4.78, 5) is 23.5. The number of carbonyl (C=O) groups is 2. The predicted molar refractivity (Wildman–Crippen MR) is 76.9 cm³/mol. The van der Waals surface area contributed by atoms with E-state index in [9.17, 15) is 19.1 Å². The van der Waals surface area contributed by atoms with Crippen molar-refractivity contribution in [1.82, 2.24) is 5.32 Å². The fraction of sp³-hybridized carbons (Fsp3) is 0.467. The number of nitrogens with one attached hydrogen (secondary N) is 1. The third-order valence-electron chi connectivity index (χ3n) is 3.83. The lowest BCUT2D eigenvalue weighted by molar-refractivity contribution is -0.142. The van der Waals surface area contributed by atoms with Crippen molar-refractivity contribution in [2.45, 2.75) is 38.1 Å². The first-order chi connectivity index (χ1) is 9.99. The van der Waals surface area contributed by atoms with Crippen LogP contribution in [-0.4, -0.2) is 23.0 Å². The summed E-state index contributed by atoms with van der Waals surface area (Å²) < 4.78 is 13.0. The number of halogens is 2. The van der Waals surface area contributed by atoms with Crippen molar-refractivity contribution in [3.8, 4) is 0 Å². The highest BCUT2D eigenvalue weighted by molar-refractivity contribution is 6.33. The molecule has 2 rings (SSSR count). The van der Waals surface area contributed by atoms with Crippen LogP contribution in [0.4, 0.5) is 4.39 Å². The number of carboxylic acid groups (broad SMARTS) is 1. The van der Waals surface area contributed by atoms with Crippen LogP contribution in [0.25, 0.3) is 0 Å². The van der Waals surface area contributed by atoms with E-state index in [1.165, 1.54) is 6.07 Å². The summed E-state index contributed by atoms with van der Waals surface area (Å²) in [5.41, 5.74) is 0.159. The van der Waals surface area contributed by atoms with Crippen molar-refractivity contribution >= 4 is 23.5 Å². The normalized spacial score (nSPS) is 22.4. The van der Waals surface area contributed by atoms with Gasteiger partial charge in [0.25, 0.3) is 5.91 Å². The van der Waals surface area contributed by atoms with Gasteiger partial charge in [-0.05, 0) is 31.0 Å². The van der Waals surface area contributed by atoms with Gasteiger partial charge < -0.3 is 10.4 Å². The molecule has 21 heavy (non-hydrogen) atoms. The zero-order chi connectivity index (χ0) is 15.4. The van der Waals surface area contributed by atoms with Crippen LogP contribution in [0, 0.1) is 11.7 Å². The van der Waals surface area contributed by atoms with Crippen LogP contribution in [-0.2, 0) is 4.79 Å². The average molecular weight is 314 g/mol. The predicted octanol–water partition coefficient (Wildman–Crippen LogP) is 3.24. The minimum Gasteiger partial charge on any atom is -0.481 e. The van der Waals surface area contributed by atoms with Crippen molar-refractivity contribution in [2.75, 3.05) is 0 Å². The topological polar surface area (TPSA) is 66.4 Å². The fourth-order valence-electron chi connectivity index (χ4n) is 2.70. The molecular weight excluding hydrogens is 297 g/mol. The van der Waals surface area contributed by atoms with E-state index in [2.05, 4.69) is 5.32 Å². The minimum absolute atomic E-state index is 0.0213. The van der Waals surface area contributed by atoms with Gasteiger partial charge in [-0.1, -0.05) is 30.9 Å². The Morgan fingerprint density at radius 2 is 1.95 bits per heavy atom. The Morgan fingerprint density at radius 1 is 1.24 bits per heavy atom. The molecule has 0 aromatic heterocycles. The number of benzene rings is 1. The number of amides is 1. The van der Waals surface area contributed by atoms with Crippen molar-refractivity contribution in [3.05, 3.63) is 34.6 Å². The summed E-state index contributed by atoms with van der Waals surface area (Å²) in [6, 6.07) is 3.11. The molecule has 0 aliphatic heterocycles. The number of rotatable bonds is 3. The van der Waals surface area contributed by atoms with E-state index in [1.54, 1.807) is 0 Å². The molecule has 2 N–H and O–H groups in total. The Morgan fingerprint density at radius 3 is 2.62 bits per heavy atom. The summed E-state index contributed by atoms with van der Waals surface area (Å²) in [5, 5.41) is 12.0. The standard InChI is InChI=1S/C15H17ClFNO3/c16-12-8-9(17)6-7-10(12)14(19)18-13-5-3-1-2-4-11(13)15(20)21/h6-8,11,13H,1-5H2,(H,18,19)(H,20,21). The van der Waals surface area contributed by atoms with E-state index in [0.29, 0.717) is 12.8 Å². The average Bonchev–Trinajstić information content (AvgIpc) is 2.63. The van der Waals surface area contributed by atoms with E-state index >= 15 is 0 Å². The van der Waals surface area contributed by atoms with E-state index in [-0.39, 0.29) is 10.6 Å². The minimum atomic E-state index is -0.896. The zero-order valence-corrected chi connectivity index (χ0v) is 12.2. The van der Waals surface area contributed by atoms with Crippen LogP contribution < -0.4 is 5.32 Å². The third kappa shape index (κ3) is 3.94. The number of hydrogen-bond acceptors (Lipinski definition) is 2. The Bertz CT molecular complexity index is 550. The summed E-state index contributed by atoms with van der Waals surface area (Å²) in [7, 11) is 0. The zero-order valence-electron chi connectivity index (χ0n) is 11.4. The van der Waals surface area contributed by atoms with Gasteiger partial charge in [-0.3, -0.25) is 9.59 Å². The molecule has 0 heterocycles. The third-order valence-corrected chi connectivity index (χ3v) is 4.14.